The van der Waals surface area contributed by atoms with Crippen molar-refractivity contribution in [2.24, 2.45) is 17.6 Å². The molecule has 2 rings (SSSR count). The van der Waals surface area contributed by atoms with Gasteiger partial charge in [0.15, 0.2) is 0 Å². The van der Waals surface area contributed by atoms with Crippen molar-refractivity contribution in [3.8, 4) is 0 Å². The zero-order chi connectivity index (χ0) is 13.0. The Hall–Kier alpha value is -0.570. The van der Waals surface area contributed by atoms with Gasteiger partial charge in [-0.3, -0.25) is 4.79 Å². The molecule has 3 heteroatoms. The van der Waals surface area contributed by atoms with Crippen molar-refractivity contribution >= 4 is 5.91 Å². The molecule has 2 N–H and O–H groups in total. The molecule has 3 atom stereocenters. The van der Waals surface area contributed by atoms with Gasteiger partial charge in [-0.05, 0) is 50.5 Å². The second kappa shape index (κ2) is 6.55. The summed E-state index contributed by atoms with van der Waals surface area (Å²) in [6.45, 7) is 3.98. The maximum Gasteiger partial charge on any atom is 0.222 e. The minimum atomic E-state index is 0.382. The molecule has 1 amide bonds. The standard InChI is InChI=1S/C15H28N2O/c1-2-12-7-8-13(11-16)14(10-12)17-9-5-3-4-6-15(17)18/h12-14H,2-11,16H2,1H3. The summed E-state index contributed by atoms with van der Waals surface area (Å²) in [6.07, 6.45) is 9.16. The summed E-state index contributed by atoms with van der Waals surface area (Å²) < 4.78 is 0. The SMILES string of the molecule is CCC1CCC(CN)C(N2CCCCCC2=O)C1. The summed E-state index contributed by atoms with van der Waals surface area (Å²) in [4.78, 5) is 14.4. The molecular formula is C15H28N2O. The van der Waals surface area contributed by atoms with E-state index in [4.69, 9.17) is 5.73 Å². The monoisotopic (exact) mass is 252 g/mol. The van der Waals surface area contributed by atoms with Crippen LogP contribution in [0.4, 0.5) is 0 Å². The fourth-order valence-electron chi connectivity index (χ4n) is 3.68. The van der Waals surface area contributed by atoms with Crippen molar-refractivity contribution in [3.63, 3.8) is 0 Å². The molecule has 1 saturated carbocycles. The number of likely N-dealkylation sites (tertiary alicyclic amines) is 1. The van der Waals surface area contributed by atoms with E-state index in [-0.39, 0.29) is 0 Å². The first kappa shape index (κ1) is 13.9. The Morgan fingerprint density at radius 1 is 1.28 bits per heavy atom. The van der Waals surface area contributed by atoms with E-state index in [1.54, 1.807) is 0 Å². The number of amides is 1. The molecule has 2 fully saturated rings. The highest BCUT2D eigenvalue weighted by Crippen LogP contribution is 2.34. The average Bonchev–Trinajstić information content (AvgIpc) is 2.62. The molecule has 0 radical (unpaired) electrons. The Labute approximate surface area is 111 Å². The first-order valence-electron chi connectivity index (χ1n) is 7.75. The maximum atomic E-state index is 12.3. The van der Waals surface area contributed by atoms with E-state index >= 15 is 0 Å². The number of rotatable bonds is 3. The van der Waals surface area contributed by atoms with Crippen LogP contribution >= 0.6 is 0 Å². The zero-order valence-corrected chi connectivity index (χ0v) is 11.7. The summed E-state index contributed by atoms with van der Waals surface area (Å²) in [5, 5.41) is 0. The number of carbonyl (C=O) groups excluding carboxylic acids is 1. The van der Waals surface area contributed by atoms with Crippen LogP contribution in [0.15, 0.2) is 0 Å². The molecule has 1 saturated heterocycles. The molecule has 104 valence electrons. The second-order valence-corrected chi connectivity index (χ2v) is 6.05. The Morgan fingerprint density at radius 2 is 2.11 bits per heavy atom. The Bertz CT molecular complexity index is 280. The highest BCUT2D eigenvalue weighted by Gasteiger charge is 2.35. The van der Waals surface area contributed by atoms with Crippen molar-refractivity contribution in [1.29, 1.82) is 0 Å². The van der Waals surface area contributed by atoms with Crippen molar-refractivity contribution < 1.29 is 4.79 Å². The van der Waals surface area contributed by atoms with Gasteiger partial charge in [-0.25, -0.2) is 0 Å². The van der Waals surface area contributed by atoms with Crippen molar-refractivity contribution in [1.82, 2.24) is 4.90 Å². The molecule has 3 nitrogen and oxygen atoms in total. The lowest BCUT2D eigenvalue weighted by molar-refractivity contribution is -0.135. The summed E-state index contributed by atoms with van der Waals surface area (Å²) >= 11 is 0. The summed E-state index contributed by atoms with van der Waals surface area (Å²) in [7, 11) is 0. The smallest absolute Gasteiger partial charge is 0.222 e. The van der Waals surface area contributed by atoms with Crippen LogP contribution in [-0.4, -0.2) is 29.9 Å². The average molecular weight is 252 g/mol. The van der Waals surface area contributed by atoms with Gasteiger partial charge in [0.2, 0.25) is 5.91 Å². The van der Waals surface area contributed by atoms with E-state index < -0.39 is 0 Å². The highest BCUT2D eigenvalue weighted by molar-refractivity contribution is 5.76. The van der Waals surface area contributed by atoms with Crippen LogP contribution in [0.25, 0.3) is 0 Å². The molecule has 0 spiro atoms. The second-order valence-electron chi connectivity index (χ2n) is 6.05. The molecule has 2 aliphatic rings. The summed E-state index contributed by atoms with van der Waals surface area (Å²) in [5.74, 6) is 1.72. The number of nitrogens with two attached hydrogens (primary N) is 1. The van der Waals surface area contributed by atoms with Gasteiger partial charge in [0.25, 0.3) is 0 Å². The number of hydrogen-bond donors (Lipinski definition) is 1. The first-order chi connectivity index (χ1) is 8.76. The molecule has 0 bridgehead atoms. The van der Waals surface area contributed by atoms with Crippen molar-refractivity contribution in [2.45, 2.75) is 64.3 Å². The predicted molar refractivity (Wildman–Crippen MR) is 74.1 cm³/mol. The molecule has 1 aliphatic heterocycles. The fourth-order valence-corrected chi connectivity index (χ4v) is 3.68. The third kappa shape index (κ3) is 3.05. The van der Waals surface area contributed by atoms with Crippen LogP contribution < -0.4 is 5.73 Å². The molecule has 1 aliphatic carbocycles. The molecular weight excluding hydrogens is 224 g/mol. The molecule has 0 aromatic heterocycles. The minimum Gasteiger partial charge on any atom is -0.339 e. The Kier molecular flexibility index (Phi) is 5.04. The van der Waals surface area contributed by atoms with Crippen LogP contribution in [0.3, 0.4) is 0 Å². The maximum absolute atomic E-state index is 12.3. The van der Waals surface area contributed by atoms with Crippen molar-refractivity contribution in [2.75, 3.05) is 13.1 Å². The van der Waals surface area contributed by atoms with Gasteiger partial charge in [0.1, 0.15) is 0 Å². The van der Waals surface area contributed by atoms with E-state index in [9.17, 15) is 4.79 Å². The van der Waals surface area contributed by atoms with Gasteiger partial charge in [-0.15, -0.1) is 0 Å². The number of nitrogens with zero attached hydrogens (tertiary/aromatic N) is 1. The Morgan fingerprint density at radius 3 is 2.83 bits per heavy atom. The first-order valence-corrected chi connectivity index (χ1v) is 7.75. The van der Waals surface area contributed by atoms with Crippen LogP contribution in [0, 0.1) is 11.8 Å². The quantitative estimate of drug-likeness (QED) is 0.839. The topological polar surface area (TPSA) is 46.3 Å². The third-order valence-electron chi connectivity index (χ3n) is 4.96. The summed E-state index contributed by atoms with van der Waals surface area (Å²) in [6, 6.07) is 0.430. The zero-order valence-electron chi connectivity index (χ0n) is 11.7. The van der Waals surface area contributed by atoms with Gasteiger partial charge in [-0.2, -0.15) is 0 Å². The molecule has 0 aromatic rings. The molecule has 18 heavy (non-hydrogen) atoms. The minimum absolute atomic E-state index is 0.382. The molecule has 3 unspecified atom stereocenters. The van der Waals surface area contributed by atoms with Crippen LogP contribution in [0.5, 0.6) is 0 Å². The molecule has 0 aromatic carbocycles. The lowest BCUT2D eigenvalue weighted by Gasteiger charge is -2.42. The lowest BCUT2D eigenvalue weighted by Crippen LogP contribution is -2.49. The van der Waals surface area contributed by atoms with Gasteiger partial charge in [-0.1, -0.05) is 19.8 Å². The predicted octanol–water partition coefficient (Wildman–Crippen LogP) is 2.54. The summed E-state index contributed by atoms with van der Waals surface area (Å²) in [5.41, 5.74) is 5.93. The lowest BCUT2D eigenvalue weighted by atomic mass is 9.76. The fraction of sp³-hybridized carbons (Fsp3) is 0.933. The number of carbonyl (C=O) groups is 1. The van der Waals surface area contributed by atoms with Gasteiger partial charge >= 0.3 is 0 Å². The number of hydrogen-bond acceptors (Lipinski definition) is 2. The van der Waals surface area contributed by atoms with Gasteiger partial charge in [0.05, 0.1) is 0 Å². The van der Waals surface area contributed by atoms with Crippen LogP contribution in [-0.2, 0) is 4.79 Å². The third-order valence-corrected chi connectivity index (χ3v) is 4.96. The van der Waals surface area contributed by atoms with E-state index in [1.165, 1.54) is 38.5 Å². The van der Waals surface area contributed by atoms with Gasteiger partial charge in [0, 0.05) is 19.0 Å². The van der Waals surface area contributed by atoms with Crippen molar-refractivity contribution in [3.05, 3.63) is 0 Å². The van der Waals surface area contributed by atoms with Crippen LogP contribution in [0.2, 0.25) is 0 Å². The van der Waals surface area contributed by atoms with Crippen LogP contribution in [0.1, 0.15) is 58.3 Å². The normalized spacial score (nSPS) is 34.4. The largest absolute Gasteiger partial charge is 0.339 e. The highest BCUT2D eigenvalue weighted by atomic mass is 16.2. The van der Waals surface area contributed by atoms with Gasteiger partial charge < -0.3 is 10.6 Å². The van der Waals surface area contributed by atoms with E-state index in [0.717, 1.165) is 31.8 Å². The van der Waals surface area contributed by atoms with E-state index in [2.05, 4.69) is 11.8 Å². The van der Waals surface area contributed by atoms with E-state index in [1.807, 2.05) is 0 Å². The van der Waals surface area contributed by atoms with E-state index in [0.29, 0.717) is 17.9 Å². The Balaban J connectivity index is 2.07. The molecule has 1 heterocycles.